The van der Waals surface area contributed by atoms with Crippen LogP contribution in [0.4, 0.5) is 13.2 Å². The van der Waals surface area contributed by atoms with Crippen molar-refractivity contribution in [1.82, 2.24) is 14.9 Å². The van der Waals surface area contributed by atoms with Crippen LogP contribution in [0.2, 0.25) is 0 Å². The van der Waals surface area contributed by atoms with E-state index in [0.717, 1.165) is 50.3 Å². The zero-order valence-electron chi connectivity index (χ0n) is 15.6. The first-order valence-corrected chi connectivity index (χ1v) is 10.5. The van der Waals surface area contributed by atoms with Crippen LogP contribution in [-0.2, 0) is 0 Å². The average Bonchev–Trinajstić information content (AvgIpc) is 3.47. The number of alkyl halides is 3. The molecule has 0 bridgehead atoms. The molecule has 5 nitrogen and oxygen atoms in total. The minimum atomic E-state index is -4.77. The van der Waals surface area contributed by atoms with Crippen LogP contribution in [0.3, 0.4) is 0 Å². The number of benzene rings is 1. The van der Waals surface area contributed by atoms with Crippen LogP contribution in [0.15, 0.2) is 24.3 Å². The molecule has 0 aromatic heterocycles. The van der Waals surface area contributed by atoms with Crippen molar-refractivity contribution in [3.8, 4) is 5.75 Å². The van der Waals surface area contributed by atoms with Crippen molar-refractivity contribution < 1.29 is 22.7 Å². The van der Waals surface area contributed by atoms with Gasteiger partial charge in [-0.05, 0) is 62.9 Å². The second-order valence-electron chi connectivity index (χ2n) is 7.28. The lowest BCUT2D eigenvalue weighted by Crippen LogP contribution is -2.40. The Labute approximate surface area is 167 Å². The van der Waals surface area contributed by atoms with Gasteiger partial charge in [-0.2, -0.15) is 0 Å². The predicted octanol–water partition coefficient (Wildman–Crippen LogP) is 3.43. The highest BCUT2D eigenvalue weighted by atomic mass is 32.2. The molecule has 0 spiro atoms. The standard InChI is InChI=1S/C19H26F3N3O2S/c20-19(21,22)27-16-3-1-2-15(12-16)18(26)23-13-14-6-9-25(10-7-14)11-8-24-28-17-4-5-17/h1-3,12,14,17,24H,4-11,13H2,(H,23,26). The van der Waals surface area contributed by atoms with Gasteiger partial charge in [-0.15, -0.1) is 13.2 Å². The van der Waals surface area contributed by atoms with Crippen LogP contribution in [0, 0.1) is 5.92 Å². The Kier molecular flexibility index (Phi) is 7.48. The summed E-state index contributed by atoms with van der Waals surface area (Å²) in [6.07, 6.45) is -0.0986. The van der Waals surface area contributed by atoms with Gasteiger partial charge < -0.3 is 15.0 Å². The first-order valence-electron chi connectivity index (χ1n) is 9.64. The highest BCUT2D eigenvalue weighted by molar-refractivity contribution is 7.98. The monoisotopic (exact) mass is 417 g/mol. The minimum absolute atomic E-state index is 0.165. The van der Waals surface area contributed by atoms with Crippen LogP contribution in [-0.4, -0.2) is 55.1 Å². The summed E-state index contributed by atoms with van der Waals surface area (Å²) in [6.45, 7) is 4.56. The van der Waals surface area contributed by atoms with Crippen molar-refractivity contribution >= 4 is 17.9 Å². The molecule has 0 atom stereocenters. The third-order valence-corrected chi connectivity index (χ3v) is 6.07. The molecular formula is C19H26F3N3O2S. The van der Waals surface area contributed by atoms with E-state index in [2.05, 4.69) is 19.7 Å². The number of likely N-dealkylation sites (tertiary alicyclic amines) is 1. The Morgan fingerprint density at radius 3 is 2.64 bits per heavy atom. The summed E-state index contributed by atoms with van der Waals surface area (Å²) in [7, 11) is 0. The van der Waals surface area contributed by atoms with E-state index in [9.17, 15) is 18.0 Å². The van der Waals surface area contributed by atoms with E-state index in [4.69, 9.17) is 0 Å². The number of hydrogen-bond acceptors (Lipinski definition) is 5. The van der Waals surface area contributed by atoms with Gasteiger partial charge in [0, 0.05) is 30.4 Å². The van der Waals surface area contributed by atoms with E-state index < -0.39 is 6.36 Å². The number of ether oxygens (including phenoxy) is 1. The fourth-order valence-electron chi connectivity index (χ4n) is 3.15. The predicted molar refractivity (Wildman–Crippen MR) is 103 cm³/mol. The van der Waals surface area contributed by atoms with Crippen molar-refractivity contribution in [1.29, 1.82) is 0 Å². The van der Waals surface area contributed by atoms with Crippen molar-refractivity contribution in [2.24, 2.45) is 5.92 Å². The highest BCUT2D eigenvalue weighted by Gasteiger charge is 2.31. The van der Waals surface area contributed by atoms with E-state index in [1.165, 1.54) is 31.0 Å². The Bertz CT molecular complexity index is 648. The maximum atomic E-state index is 12.3. The summed E-state index contributed by atoms with van der Waals surface area (Å²) < 4.78 is 44.2. The molecule has 3 rings (SSSR count). The van der Waals surface area contributed by atoms with Crippen molar-refractivity contribution in [2.45, 2.75) is 37.3 Å². The molecule has 156 valence electrons. The summed E-state index contributed by atoms with van der Waals surface area (Å²) in [5.74, 6) is -0.373. The molecular weight excluding hydrogens is 391 g/mol. The largest absolute Gasteiger partial charge is 0.573 e. The fourth-order valence-corrected chi connectivity index (χ4v) is 3.97. The third-order valence-electron chi connectivity index (χ3n) is 4.89. The molecule has 1 aliphatic carbocycles. The van der Waals surface area contributed by atoms with Gasteiger partial charge in [0.25, 0.3) is 5.91 Å². The van der Waals surface area contributed by atoms with Gasteiger partial charge >= 0.3 is 6.36 Å². The molecule has 28 heavy (non-hydrogen) atoms. The zero-order chi connectivity index (χ0) is 20.0. The number of halogens is 3. The Morgan fingerprint density at radius 1 is 1.21 bits per heavy atom. The molecule has 1 saturated heterocycles. The van der Waals surface area contributed by atoms with Crippen molar-refractivity contribution in [2.75, 3.05) is 32.7 Å². The van der Waals surface area contributed by atoms with E-state index in [-0.39, 0.29) is 17.2 Å². The zero-order valence-corrected chi connectivity index (χ0v) is 16.5. The summed E-state index contributed by atoms with van der Waals surface area (Å²) >= 11 is 1.85. The summed E-state index contributed by atoms with van der Waals surface area (Å²) in [6, 6.07) is 5.15. The third kappa shape index (κ3) is 7.52. The Hall–Kier alpha value is -1.45. The summed E-state index contributed by atoms with van der Waals surface area (Å²) in [5, 5.41) is 3.65. The highest BCUT2D eigenvalue weighted by Crippen LogP contribution is 2.31. The number of carbonyl (C=O) groups excluding carboxylic acids is 1. The smallest absolute Gasteiger partial charge is 0.406 e. The summed E-state index contributed by atoms with van der Waals surface area (Å²) in [4.78, 5) is 14.7. The van der Waals surface area contributed by atoms with Crippen molar-refractivity contribution in [3.63, 3.8) is 0 Å². The van der Waals surface area contributed by atoms with Gasteiger partial charge in [-0.3, -0.25) is 9.52 Å². The molecule has 1 aromatic carbocycles. The lowest BCUT2D eigenvalue weighted by atomic mass is 9.96. The molecule has 0 unspecified atom stereocenters. The van der Waals surface area contributed by atoms with E-state index >= 15 is 0 Å². The van der Waals surface area contributed by atoms with Crippen LogP contribution in [0.5, 0.6) is 5.75 Å². The molecule has 1 heterocycles. The van der Waals surface area contributed by atoms with Crippen LogP contribution in [0.25, 0.3) is 0 Å². The SMILES string of the molecule is O=C(NCC1CCN(CCNSC2CC2)CC1)c1cccc(OC(F)(F)F)c1. The Balaban J connectivity index is 1.34. The number of nitrogens with one attached hydrogen (secondary N) is 2. The normalized spacial score (nSPS) is 18.8. The van der Waals surface area contributed by atoms with Gasteiger partial charge in [-0.1, -0.05) is 18.0 Å². The topological polar surface area (TPSA) is 53.6 Å². The first kappa shape index (κ1) is 21.3. The lowest BCUT2D eigenvalue weighted by Gasteiger charge is -2.32. The quantitative estimate of drug-likeness (QED) is 0.476. The van der Waals surface area contributed by atoms with E-state index in [0.29, 0.717) is 12.5 Å². The van der Waals surface area contributed by atoms with Gasteiger partial charge in [-0.25, -0.2) is 0 Å². The molecule has 9 heteroatoms. The van der Waals surface area contributed by atoms with Crippen LogP contribution >= 0.6 is 11.9 Å². The lowest BCUT2D eigenvalue weighted by molar-refractivity contribution is -0.274. The number of amides is 1. The molecule has 1 aromatic rings. The van der Waals surface area contributed by atoms with Gasteiger partial charge in [0.05, 0.1) is 0 Å². The molecule has 2 aliphatic rings. The molecule has 2 N–H and O–H groups in total. The number of carbonyl (C=O) groups is 1. The minimum Gasteiger partial charge on any atom is -0.406 e. The molecule has 1 aliphatic heterocycles. The van der Waals surface area contributed by atoms with Crippen LogP contribution < -0.4 is 14.8 Å². The number of hydrogen-bond donors (Lipinski definition) is 2. The number of piperidine rings is 1. The molecule has 1 amide bonds. The van der Waals surface area contributed by atoms with Gasteiger partial charge in [0.1, 0.15) is 5.75 Å². The molecule has 2 fully saturated rings. The Morgan fingerprint density at radius 2 is 1.96 bits per heavy atom. The number of rotatable bonds is 9. The van der Waals surface area contributed by atoms with Crippen LogP contribution in [0.1, 0.15) is 36.0 Å². The maximum Gasteiger partial charge on any atom is 0.573 e. The van der Waals surface area contributed by atoms with Crippen molar-refractivity contribution in [3.05, 3.63) is 29.8 Å². The second-order valence-corrected chi connectivity index (χ2v) is 8.47. The second kappa shape index (κ2) is 9.84. The van der Waals surface area contributed by atoms with Gasteiger partial charge in [0.2, 0.25) is 0 Å². The first-order chi connectivity index (χ1) is 13.4. The van der Waals surface area contributed by atoms with E-state index in [1.807, 2.05) is 11.9 Å². The average molecular weight is 417 g/mol. The molecule has 1 saturated carbocycles. The van der Waals surface area contributed by atoms with E-state index in [1.54, 1.807) is 0 Å². The fraction of sp³-hybridized carbons (Fsp3) is 0.632. The number of nitrogens with zero attached hydrogens (tertiary/aromatic N) is 1. The van der Waals surface area contributed by atoms with Gasteiger partial charge in [0.15, 0.2) is 0 Å². The molecule has 0 radical (unpaired) electrons. The maximum absolute atomic E-state index is 12.3. The summed E-state index contributed by atoms with van der Waals surface area (Å²) in [5.41, 5.74) is 0.165.